The molecular formula is C20H20N6O. The van der Waals surface area contributed by atoms with Crippen LogP contribution in [0.25, 0.3) is 33.3 Å². The Labute approximate surface area is 156 Å². The van der Waals surface area contributed by atoms with E-state index >= 15 is 0 Å². The number of hydrogen-bond donors (Lipinski definition) is 2. The Morgan fingerprint density at radius 1 is 1.15 bits per heavy atom. The molecule has 1 saturated heterocycles. The van der Waals surface area contributed by atoms with Crippen LogP contribution in [-0.2, 0) is 0 Å². The van der Waals surface area contributed by atoms with Crippen molar-refractivity contribution < 1.29 is 4.74 Å². The number of nitrogens with zero attached hydrogens (tertiary/aromatic N) is 4. The Hall–Kier alpha value is -3.06. The third kappa shape index (κ3) is 3.10. The van der Waals surface area contributed by atoms with Crippen LogP contribution < -0.4 is 10.1 Å². The van der Waals surface area contributed by atoms with E-state index in [1.54, 1.807) is 18.6 Å². The van der Waals surface area contributed by atoms with Gasteiger partial charge in [-0.3, -0.25) is 4.98 Å². The molecule has 0 spiro atoms. The molecule has 0 radical (unpaired) electrons. The van der Waals surface area contributed by atoms with Crippen LogP contribution in [0.5, 0.6) is 5.88 Å². The molecule has 7 heteroatoms. The van der Waals surface area contributed by atoms with Gasteiger partial charge in [-0.15, -0.1) is 0 Å². The predicted molar refractivity (Wildman–Crippen MR) is 104 cm³/mol. The standard InChI is InChI=1S/C20H20N6O/c1-3-13(10-21-5-1)12-27-20-18-17(22-7-8-23-18)9-16(26-20)15-11-25-19-14(15)4-2-6-24-19/h2,4,6-9,11,13,21H,1,3,5,10,12H2,(H,24,25)/t13-/m0/s1. The fraction of sp³-hybridized carbons (Fsp3) is 0.300. The summed E-state index contributed by atoms with van der Waals surface area (Å²) in [5.41, 5.74) is 4.10. The van der Waals surface area contributed by atoms with E-state index in [9.17, 15) is 0 Å². The van der Waals surface area contributed by atoms with Crippen molar-refractivity contribution in [2.24, 2.45) is 5.92 Å². The number of nitrogens with one attached hydrogen (secondary N) is 2. The summed E-state index contributed by atoms with van der Waals surface area (Å²) in [6.07, 6.45) is 9.42. The van der Waals surface area contributed by atoms with Crippen molar-refractivity contribution in [3.05, 3.63) is 43.0 Å². The van der Waals surface area contributed by atoms with Crippen molar-refractivity contribution in [2.45, 2.75) is 12.8 Å². The van der Waals surface area contributed by atoms with Crippen LogP contribution in [0, 0.1) is 5.92 Å². The molecule has 7 nitrogen and oxygen atoms in total. The summed E-state index contributed by atoms with van der Waals surface area (Å²) in [7, 11) is 0. The largest absolute Gasteiger partial charge is 0.476 e. The molecule has 5 rings (SSSR count). The summed E-state index contributed by atoms with van der Waals surface area (Å²) in [5.74, 6) is 1.03. The molecule has 0 bridgehead atoms. The quantitative estimate of drug-likeness (QED) is 0.582. The first kappa shape index (κ1) is 16.1. The fourth-order valence-corrected chi connectivity index (χ4v) is 3.61. The average molecular weight is 360 g/mol. The zero-order chi connectivity index (χ0) is 18.1. The number of piperidine rings is 1. The van der Waals surface area contributed by atoms with Gasteiger partial charge >= 0.3 is 0 Å². The van der Waals surface area contributed by atoms with Crippen LogP contribution in [0.2, 0.25) is 0 Å². The normalized spacial score (nSPS) is 17.4. The predicted octanol–water partition coefficient (Wildman–Crippen LogP) is 2.95. The maximum Gasteiger partial charge on any atom is 0.242 e. The molecule has 0 saturated carbocycles. The second-order valence-corrected chi connectivity index (χ2v) is 6.86. The summed E-state index contributed by atoms with van der Waals surface area (Å²) in [6, 6.07) is 5.91. The van der Waals surface area contributed by atoms with E-state index < -0.39 is 0 Å². The number of pyridine rings is 2. The lowest BCUT2D eigenvalue weighted by Gasteiger charge is -2.22. The Bertz CT molecular complexity index is 1090. The molecule has 0 aromatic carbocycles. The van der Waals surface area contributed by atoms with Crippen molar-refractivity contribution in [2.75, 3.05) is 19.7 Å². The summed E-state index contributed by atoms with van der Waals surface area (Å²) >= 11 is 0. The lowest BCUT2D eigenvalue weighted by Crippen LogP contribution is -2.33. The molecule has 4 aromatic heterocycles. The number of aromatic nitrogens is 5. The molecule has 27 heavy (non-hydrogen) atoms. The van der Waals surface area contributed by atoms with Crippen molar-refractivity contribution in [3.63, 3.8) is 0 Å². The van der Waals surface area contributed by atoms with Crippen LogP contribution in [0.3, 0.4) is 0 Å². The maximum atomic E-state index is 6.13. The van der Waals surface area contributed by atoms with E-state index in [0.717, 1.165) is 40.9 Å². The monoisotopic (exact) mass is 360 g/mol. The zero-order valence-corrected chi connectivity index (χ0v) is 14.9. The molecule has 0 aliphatic carbocycles. The molecule has 1 atom stereocenters. The minimum Gasteiger partial charge on any atom is -0.476 e. The summed E-state index contributed by atoms with van der Waals surface area (Å²) in [4.78, 5) is 21.3. The minimum atomic E-state index is 0.494. The van der Waals surface area contributed by atoms with Gasteiger partial charge in [0.25, 0.3) is 0 Å². The molecule has 0 amide bonds. The van der Waals surface area contributed by atoms with Gasteiger partial charge in [-0.2, -0.15) is 0 Å². The first-order valence-electron chi connectivity index (χ1n) is 9.26. The lowest BCUT2D eigenvalue weighted by molar-refractivity contribution is 0.214. The van der Waals surface area contributed by atoms with Gasteiger partial charge in [-0.1, -0.05) is 0 Å². The van der Waals surface area contributed by atoms with E-state index in [1.165, 1.54) is 12.8 Å². The molecule has 1 fully saturated rings. The Balaban J connectivity index is 1.55. The average Bonchev–Trinajstić information content (AvgIpc) is 3.17. The van der Waals surface area contributed by atoms with Crippen LogP contribution in [0.15, 0.2) is 43.0 Å². The Morgan fingerprint density at radius 3 is 3.04 bits per heavy atom. The molecule has 1 aliphatic heterocycles. The summed E-state index contributed by atoms with van der Waals surface area (Å²) in [5, 5.41) is 4.45. The number of rotatable bonds is 4. The molecule has 1 aliphatic rings. The van der Waals surface area contributed by atoms with Gasteiger partial charge < -0.3 is 15.0 Å². The van der Waals surface area contributed by atoms with Gasteiger partial charge in [0.05, 0.1) is 17.8 Å². The molecule has 4 aromatic rings. The Morgan fingerprint density at radius 2 is 2.11 bits per heavy atom. The molecular weight excluding hydrogens is 340 g/mol. The van der Waals surface area contributed by atoms with Crippen molar-refractivity contribution >= 4 is 22.1 Å². The second kappa shape index (κ2) is 6.92. The maximum absolute atomic E-state index is 6.13. The highest BCUT2D eigenvalue weighted by molar-refractivity contribution is 5.94. The van der Waals surface area contributed by atoms with Crippen molar-refractivity contribution in [1.82, 2.24) is 30.2 Å². The van der Waals surface area contributed by atoms with Crippen molar-refractivity contribution in [1.29, 1.82) is 0 Å². The summed E-state index contributed by atoms with van der Waals surface area (Å²) in [6.45, 7) is 2.70. The smallest absolute Gasteiger partial charge is 0.242 e. The highest BCUT2D eigenvalue weighted by atomic mass is 16.5. The SMILES string of the molecule is c1cnc2[nH]cc(-c3cc4nccnc4c(OC[C@H]4CCCNC4)n3)c2c1. The summed E-state index contributed by atoms with van der Waals surface area (Å²) < 4.78 is 6.13. The molecule has 136 valence electrons. The highest BCUT2D eigenvalue weighted by Gasteiger charge is 2.17. The lowest BCUT2D eigenvalue weighted by atomic mass is 10.0. The number of aromatic amines is 1. The van der Waals surface area contributed by atoms with Crippen molar-refractivity contribution in [3.8, 4) is 17.1 Å². The van der Waals surface area contributed by atoms with Crippen LogP contribution in [-0.4, -0.2) is 44.6 Å². The van der Waals surface area contributed by atoms with Gasteiger partial charge in [0, 0.05) is 48.2 Å². The number of fused-ring (bicyclic) bond motifs is 2. The van der Waals surface area contributed by atoms with Gasteiger partial charge in [0.2, 0.25) is 5.88 Å². The topological polar surface area (TPSA) is 88.6 Å². The number of hydrogen-bond acceptors (Lipinski definition) is 6. The third-order valence-electron chi connectivity index (χ3n) is 5.01. The van der Waals surface area contributed by atoms with Gasteiger partial charge in [0.15, 0.2) is 5.52 Å². The Kier molecular flexibility index (Phi) is 4.14. The van der Waals surface area contributed by atoms with E-state index in [1.807, 2.05) is 24.4 Å². The van der Waals surface area contributed by atoms with E-state index in [4.69, 9.17) is 9.72 Å². The minimum absolute atomic E-state index is 0.494. The molecule has 0 unspecified atom stereocenters. The van der Waals surface area contributed by atoms with E-state index in [0.29, 0.717) is 23.9 Å². The van der Waals surface area contributed by atoms with Gasteiger partial charge in [-0.05, 0) is 37.6 Å². The van der Waals surface area contributed by atoms with Crippen LogP contribution in [0.1, 0.15) is 12.8 Å². The molecule has 5 heterocycles. The van der Waals surface area contributed by atoms with Gasteiger partial charge in [0.1, 0.15) is 5.65 Å². The third-order valence-corrected chi connectivity index (χ3v) is 5.01. The van der Waals surface area contributed by atoms with E-state index in [-0.39, 0.29) is 0 Å². The van der Waals surface area contributed by atoms with Gasteiger partial charge in [-0.25, -0.2) is 15.0 Å². The second-order valence-electron chi connectivity index (χ2n) is 6.86. The number of H-pyrrole nitrogens is 1. The first-order chi connectivity index (χ1) is 13.4. The van der Waals surface area contributed by atoms with Crippen LogP contribution >= 0.6 is 0 Å². The van der Waals surface area contributed by atoms with E-state index in [2.05, 4.69) is 25.3 Å². The van der Waals surface area contributed by atoms with Crippen LogP contribution in [0.4, 0.5) is 0 Å². The fourth-order valence-electron chi connectivity index (χ4n) is 3.61. The first-order valence-corrected chi connectivity index (χ1v) is 9.26. The number of ether oxygens (including phenoxy) is 1. The molecule has 2 N–H and O–H groups in total. The zero-order valence-electron chi connectivity index (χ0n) is 14.9. The highest BCUT2D eigenvalue weighted by Crippen LogP contribution is 2.31.